The lowest BCUT2D eigenvalue weighted by atomic mass is 10.1. The zero-order valence-electron chi connectivity index (χ0n) is 9.63. The van der Waals surface area contributed by atoms with Crippen LogP contribution in [0.5, 0.6) is 0 Å². The molecule has 0 aliphatic carbocycles. The highest BCUT2D eigenvalue weighted by atomic mass is 35.5. The Balaban J connectivity index is 2.14. The van der Waals surface area contributed by atoms with E-state index in [4.69, 9.17) is 11.6 Å². The number of benzene rings is 1. The highest BCUT2D eigenvalue weighted by Crippen LogP contribution is 2.26. The number of hydrogen-bond donors (Lipinski definition) is 1. The number of aromatic nitrogens is 3. The molecule has 3 aromatic rings. The SMILES string of the molecule is O=c1cc(-c2ccccc2)nc(-c2ncc(Cl)s2)[nH]1. The van der Waals surface area contributed by atoms with Crippen molar-refractivity contribution in [2.45, 2.75) is 0 Å². The van der Waals surface area contributed by atoms with E-state index in [1.807, 2.05) is 30.3 Å². The number of aromatic amines is 1. The molecule has 0 saturated carbocycles. The summed E-state index contributed by atoms with van der Waals surface area (Å²) in [5.41, 5.74) is 1.29. The summed E-state index contributed by atoms with van der Waals surface area (Å²) in [4.78, 5) is 22.9. The molecule has 0 saturated heterocycles. The molecule has 0 fully saturated rings. The molecule has 0 aliphatic heterocycles. The number of thiazole rings is 1. The molecule has 0 spiro atoms. The molecule has 0 atom stereocenters. The summed E-state index contributed by atoms with van der Waals surface area (Å²) in [6.07, 6.45) is 1.54. The third-order valence-corrected chi connectivity index (χ3v) is 3.61. The monoisotopic (exact) mass is 289 g/mol. The summed E-state index contributed by atoms with van der Waals surface area (Å²) in [5.74, 6) is 0.434. The number of nitrogens with zero attached hydrogens (tertiary/aromatic N) is 2. The first-order valence-electron chi connectivity index (χ1n) is 5.51. The van der Waals surface area contributed by atoms with E-state index in [0.29, 0.717) is 20.9 Å². The van der Waals surface area contributed by atoms with Crippen molar-refractivity contribution in [3.8, 4) is 22.1 Å². The Labute approximate surface area is 117 Å². The Morgan fingerprint density at radius 1 is 1.21 bits per heavy atom. The molecule has 2 heterocycles. The second kappa shape index (κ2) is 4.95. The molecular formula is C13H8ClN3OS. The summed E-state index contributed by atoms with van der Waals surface area (Å²) in [6, 6.07) is 11.0. The van der Waals surface area contributed by atoms with Gasteiger partial charge in [-0.05, 0) is 0 Å². The van der Waals surface area contributed by atoms with Crippen LogP contribution in [-0.2, 0) is 0 Å². The van der Waals surface area contributed by atoms with Crippen LogP contribution in [0.4, 0.5) is 0 Å². The normalized spacial score (nSPS) is 10.6. The summed E-state index contributed by atoms with van der Waals surface area (Å²) in [6.45, 7) is 0. The molecular weight excluding hydrogens is 282 g/mol. The Morgan fingerprint density at radius 3 is 2.68 bits per heavy atom. The van der Waals surface area contributed by atoms with Gasteiger partial charge in [-0.1, -0.05) is 53.3 Å². The molecule has 4 nitrogen and oxygen atoms in total. The molecule has 0 bridgehead atoms. The molecule has 6 heteroatoms. The van der Waals surface area contributed by atoms with Crippen LogP contribution in [0.2, 0.25) is 4.34 Å². The van der Waals surface area contributed by atoms with Gasteiger partial charge in [0.15, 0.2) is 10.8 Å². The van der Waals surface area contributed by atoms with Crippen molar-refractivity contribution in [3.05, 3.63) is 57.3 Å². The van der Waals surface area contributed by atoms with E-state index in [2.05, 4.69) is 15.0 Å². The van der Waals surface area contributed by atoms with Crippen LogP contribution in [0.1, 0.15) is 0 Å². The van der Waals surface area contributed by atoms with Crippen molar-refractivity contribution < 1.29 is 0 Å². The fourth-order valence-corrected chi connectivity index (χ4v) is 2.54. The predicted molar refractivity (Wildman–Crippen MR) is 76.4 cm³/mol. The Morgan fingerprint density at radius 2 is 2.00 bits per heavy atom. The van der Waals surface area contributed by atoms with Crippen LogP contribution in [0.25, 0.3) is 22.1 Å². The number of H-pyrrole nitrogens is 1. The quantitative estimate of drug-likeness (QED) is 0.788. The first-order chi connectivity index (χ1) is 9.22. The minimum atomic E-state index is -0.213. The summed E-state index contributed by atoms with van der Waals surface area (Å²) < 4.78 is 0.558. The standard InChI is InChI=1S/C13H8ClN3OS/c14-10-7-15-13(19-10)12-16-9(6-11(18)17-12)8-4-2-1-3-5-8/h1-7H,(H,16,17,18). The molecule has 0 radical (unpaired) electrons. The van der Waals surface area contributed by atoms with Crippen LogP contribution in [-0.4, -0.2) is 15.0 Å². The van der Waals surface area contributed by atoms with Crippen LogP contribution >= 0.6 is 22.9 Å². The average Bonchev–Trinajstić information content (AvgIpc) is 2.86. The van der Waals surface area contributed by atoms with Gasteiger partial charge >= 0.3 is 0 Å². The van der Waals surface area contributed by atoms with Crippen molar-refractivity contribution >= 4 is 22.9 Å². The van der Waals surface area contributed by atoms with E-state index in [1.54, 1.807) is 0 Å². The lowest BCUT2D eigenvalue weighted by Crippen LogP contribution is -2.08. The summed E-state index contributed by atoms with van der Waals surface area (Å²) in [5, 5.41) is 0.597. The van der Waals surface area contributed by atoms with Gasteiger partial charge in [0.05, 0.1) is 11.9 Å². The van der Waals surface area contributed by atoms with Gasteiger partial charge in [0, 0.05) is 11.6 Å². The van der Waals surface area contributed by atoms with E-state index in [9.17, 15) is 4.79 Å². The summed E-state index contributed by atoms with van der Waals surface area (Å²) in [7, 11) is 0. The van der Waals surface area contributed by atoms with Crippen molar-refractivity contribution in [2.24, 2.45) is 0 Å². The van der Waals surface area contributed by atoms with Gasteiger partial charge in [-0.2, -0.15) is 0 Å². The Hall–Kier alpha value is -1.98. The number of rotatable bonds is 2. The molecule has 0 aliphatic rings. The van der Waals surface area contributed by atoms with Gasteiger partial charge in [-0.15, -0.1) is 0 Å². The van der Waals surface area contributed by atoms with E-state index in [-0.39, 0.29) is 5.56 Å². The topological polar surface area (TPSA) is 58.6 Å². The maximum absolute atomic E-state index is 11.7. The Kier molecular flexibility index (Phi) is 3.15. The minimum Gasteiger partial charge on any atom is -0.304 e. The maximum Gasteiger partial charge on any atom is 0.251 e. The van der Waals surface area contributed by atoms with Gasteiger partial charge in [0.2, 0.25) is 0 Å². The zero-order valence-corrected chi connectivity index (χ0v) is 11.2. The van der Waals surface area contributed by atoms with Gasteiger partial charge in [-0.25, -0.2) is 9.97 Å². The smallest absolute Gasteiger partial charge is 0.251 e. The van der Waals surface area contributed by atoms with Gasteiger partial charge in [-0.3, -0.25) is 4.79 Å². The molecule has 1 aromatic carbocycles. The van der Waals surface area contributed by atoms with E-state index in [0.717, 1.165) is 5.56 Å². The van der Waals surface area contributed by atoms with Crippen molar-refractivity contribution in [1.82, 2.24) is 15.0 Å². The lowest BCUT2D eigenvalue weighted by Gasteiger charge is -2.02. The fourth-order valence-electron chi connectivity index (χ4n) is 1.68. The highest BCUT2D eigenvalue weighted by Gasteiger charge is 2.09. The second-order valence-corrected chi connectivity index (χ2v) is 5.48. The van der Waals surface area contributed by atoms with E-state index < -0.39 is 0 Å². The molecule has 19 heavy (non-hydrogen) atoms. The Bertz CT molecular complexity index is 767. The number of hydrogen-bond acceptors (Lipinski definition) is 4. The molecule has 3 rings (SSSR count). The molecule has 2 aromatic heterocycles. The average molecular weight is 290 g/mol. The zero-order chi connectivity index (χ0) is 13.2. The van der Waals surface area contributed by atoms with Crippen molar-refractivity contribution in [2.75, 3.05) is 0 Å². The maximum atomic E-state index is 11.7. The van der Waals surface area contributed by atoms with Gasteiger partial charge < -0.3 is 4.98 Å². The van der Waals surface area contributed by atoms with Crippen molar-refractivity contribution in [1.29, 1.82) is 0 Å². The highest BCUT2D eigenvalue weighted by molar-refractivity contribution is 7.18. The first kappa shape index (κ1) is 12.1. The number of halogens is 1. The van der Waals surface area contributed by atoms with Crippen LogP contribution in [0, 0.1) is 0 Å². The predicted octanol–water partition coefficient (Wildman–Crippen LogP) is 3.21. The van der Waals surface area contributed by atoms with Crippen LogP contribution in [0.3, 0.4) is 0 Å². The number of nitrogens with one attached hydrogen (secondary N) is 1. The van der Waals surface area contributed by atoms with Crippen LogP contribution in [0.15, 0.2) is 47.4 Å². The fraction of sp³-hybridized carbons (Fsp3) is 0. The third kappa shape index (κ3) is 2.57. The van der Waals surface area contributed by atoms with Crippen molar-refractivity contribution in [3.63, 3.8) is 0 Å². The summed E-state index contributed by atoms with van der Waals surface area (Å²) >= 11 is 7.12. The second-order valence-electron chi connectivity index (χ2n) is 3.81. The molecule has 0 unspecified atom stereocenters. The molecule has 1 N–H and O–H groups in total. The molecule has 0 amide bonds. The first-order valence-corrected chi connectivity index (χ1v) is 6.70. The van der Waals surface area contributed by atoms with Crippen LogP contribution < -0.4 is 5.56 Å². The molecule has 94 valence electrons. The minimum absolute atomic E-state index is 0.213. The van der Waals surface area contributed by atoms with E-state index >= 15 is 0 Å². The van der Waals surface area contributed by atoms with Gasteiger partial charge in [0.1, 0.15) is 4.34 Å². The largest absolute Gasteiger partial charge is 0.304 e. The third-order valence-electron chi connectivity index (χ3n) is 2.49. The lowest BCUT2D eigenvalue weighted by molar-refractivity contribution is 1.12. The van der Waals surface area contributed by atoms with Gasteiger partial charge in [0.25, 0.3) is 5.56 Å². The van der Waals surface area contributed by atoms with E-state index in [1.165, 1.54) is 23.6 Å².